The van der Waals surface area contributed by atoms with Crippen LogP contribution in [0.4, 0.5) is 0 Å². The van der Waals surface area contributed by atoms with E-state index in [0.717, 1.165) is 0 Å². The summed E-state index contributed by atoms with van der Waals surface area (Å²) in [4.78, 5) is 2.71. The van der Waals surface area contributed by atoms with E-state index in [1.165, 1.54) is 73.7 Å². The molecule has 0 fully saturated rings. The summed E-state index contributed by atoms with van der Waals surface area (Å²) in [7, 11) is 0. The van der Waals surface area contributed by atoms with Gasteiger partial charge in [-0.05, 0) is 58.7 Å². The Morgan fingerprint density at radius 2 is 0.853 bits per heavy atom. The van der Waals surface area contributed by atoms with Crippen molar-refractivity contribution in [3.05, 3.63) is 107 Å². The van der Waals surface area contributed by atoms with Crippen LogP contribution >= 0.6 is 22.7 Å². The Bertz CT molecular complexity index is 1680. The van der Waals surface area contributed by atoms with Crippen molar-refractivity contribution in [2.24, 2.45) is 0 Å². The number of aryl methyl sites for hydroxylation is 2. The lowest BCUT2D eigenvalue weighted by Crippen LogP contribution is -1.88. The zero-order chi connectivity index (χ0) is 22.8. The Morgan fingerprint density at radius 1 is 0.441 bits per heavy atom. The third-order valence-electron chi connectivity index (χ3n) is 6.82. The molecule has 0 N–H and O–H groups in total. The number of benzene rings is 5. The molecule has 0 saturated carbocycles. The van der Waals surface area contributed by atoms with Gasteiger partial charge in [0.15, 0.2) is 0 Å². The molecule has 0 bridgehead atoms. The summed E-state index contributed by atoms with van der Waals surface area (Å²) in [5.41, 5.74) is 5.43. The zero-order valence-electron chi connectivity index (χ0n) is 19.1. The molecule has 5 aromatic carbocycles. The first-order valence-electron chi connectivity index (χ1n) is 11.6. The van der Waals surface area contributed by atoms with Gasteiger partial charge in [-0.1, -0.05) is 84.9 Å². The molecule has 0 saturated heterocycles. The summed E-state index contributed by atoms with van der Waals surface area (Å²) in [5, 5.41) is 7.97. The van der Waals surface area contributed by atoms with Crippen LogP contribution in [0.5, 0.6) is 0 Å². The highest BCUT2D eigenvalue weighted by Gasteiger charge is 2.22. The van der Waals surface area contributed by atoms with Crippen molar-refractivity contribution >= 4 is 64.4 Å². The van der Waals surface area contributed by atoms with Gasteiger partial charge < -0.3 is 0 Å². The van der Waals surface area contributed by atoms with E-state index in [-0.39, 0.29) is 0 Å². The smallest absolute Gasteiger partial charge is 0.0437 e. The van der Waals surface area contributed by atoms with Crippen molar-refractivity contribution in [2.75, 3.05) is 0 Å². The van der Waals surface area contributed by atoms with Crippen LogP contribution in [-0.4, -0.2) is 0 Å². The molecule has 0 nitrogen and oxygen atoms in total. The van der Waals surface area contributed by atoms with Crippen LogP contribution in [0, 0.1) is 13.8 Å². The summed E-state index contributed by atoms with van der Waals surface area (Å²) in [5.74, 6) is 0. The van der Waals surface area contributed by atoms with Gasteiger partial charge in [-0.2, -0.15) is 0 Å². The summed E-state index contributed by atoms with van der Waals surface area (Å²) in [6.07, 6.45) is 0. The van der Waals surface area contributed by atoms with Gasteiger partial charge >= 0.3 is 0 Å². The standard InChI is InChI=1S/C32H22S2/c1-19-17-27-29(25-15-7-11-21-9-3-5-13-23(21)25)32-28(18-20(2)34-32)30(31(27)33-19)26-16-8-12-22-10-4-6-14-24(22)26/h3-18H,1-2H3. The lowest BCUT2D eigenvalue weighted by Gasteiger charge is -2.15. The van der Waals surface area contributed by atoms with Gasteiger partial charge in [-0.15, -0.1) is 22.7 Å². The largest absolute Gasteiger partial charge is 0.140 e. The van der Waals surface area contributed by atoms with Crippen molar-refractivity contribution in [1.82, 2.24) is 0 Å². The highest BCUT2D eigenvalue weighted by molar-refractivity contribution is 7.22. The monoisotopic (exact) mass is 470 g/mol. The van der Waals surface area contributed by atoms with Gasteiger partial charge in [-0.25, -0.2) is 0 Å². The van der Waals surface area contributed by atoms with E-state index in [2.05, 4.69) is 111 Å². The van der Waals surface area contributed by atoms with Crippen molar-refractivity contribution in [3.63, 3.8) is 0 Å². The predicted molar refractivity (Wildman–Crippen MR) is 153 cm³/mol. The molecule has 0 radical (unpaired) electrons. The molecule has 34 heavy (non-hydrogen) atoms. The van der Waals surface area contributed by atoms with Gasteiger partial charge in [-0.3, -0.25) is 0 Å². The fourth-order valence-corrected chi connectivity index (χ4v) is 7.62. The molecule has 0 unspecified atom stereocenters. The number of fused-ring (bicyclic) bond motifs is 4. The van der Waals surface area contributed by atoms with Crippen LogP contribution in [0.2, 0.25) is 0 Å². The number of hydrogen-bond donors (Lipinski definition) is 0. The molecule has 0 atom stereocenters. The highest BCUT2D eigenvalue weighted by atomic mass is 32.1. The average molecular weight is 471 g/mol. The third kappa shape index (κ3) is 2.89. The number of thiophene rings is 2. The van der Waals surface area contributed by atoms with E-state index >= 15 is 0 Å². The van der Waals surface area contributed by atoms with E-state index in [4.69, 9.17) is 0 Å². The molecule has 0 spiro atoms. The fourth-order valence-electron chi connectivity index (χ4n) is 5.44. The first-order valence-corrected chi connectivity index (χ1v) is 13.2. The Labute approximate surface area is 206 Å². The molecule has 7 rings (SSSR count). The van der Waals surface area contributed by atoms with Gasteiger partial charge in [0.2, 0.25) is 0 Å². The molecule has 0 aliphatic carbocycles. The van der Waals surface area contributed by atoms with E-state index in [1.54, 1.807) is 0 Å². The molecule has 162 valence electrons. The maximum absolute atomic E-state index is 2.40. The minimum atomic E-state index is 1.29. The van der Waals surface area contributed by atoms with Crippen LogP contribution in [-0.2, 0) is 0 Å². The summed E-state index contributed by atoms with van der Waals surface area (Å²) < 4.78 is 2.78. The maximum Gasteiger partial charge on any atom is 0.0437 e. The molecule has 2 heterocycles. The second kappa shape index (κ2) is 7.53. The minimum absolute atomic E-state index is 1.29. The molecule has 2 heteroatoms. The van der Waals surface area contributed by atoms with Crippen LogP contribution in [0.1, 0.15) is 9.75 Å². The molecule has 7 aromatic rings. The Morgan fingerprint density at radius 3 is 1.32 bits per heavy atom. The van der Waals surface area contributed by atoms with Gasteiger partial charge in [0.1, 0.15) is 0 Å². The molecular weight excluding hydrogens is 448 g/mol. The Balaban J connectivity index is 1.70. The highest BCUT2D eigenvalue weighted by Crippen LogP contribution is 2.51. The Hall–Kier alpha value is -3.46. The van der Waals surface area contributed by atoms with Crippen molar-refractivity contribution in [2.45, 2.75) is 13.8 Å². The second-order valence-electron chi connectivity index (χ2n) is 9.00. The van der Waals surface area contributed by atoms with E-state index in [0.29, 0.717) is 0 Å². The van der Waals surface area contributed by atoms with Crippen molar-refractivity contribution < 1.29 is 0 Å². The normalized spacial score (nSPS) is 11.8. The molecule has 0 amide bonds. The van der Waals surface area contributed by atoms with Crippen LogP contribution < -0.4 is 0 Å². The lowest BCUT2D eigenvalue weighted by molar-refractivity contribution is 1.65. The Kier molecular flexibility index (Phi) is 4.42. The fraction of sp³-hybridized carbons (Fsp3) is 0.0625. The third-order valence-corrected chi connectivity index (χ3v) is 8.96. The quantitative estimate of drug-likeness (QED) is 0.236. The van der Waals surface area contributed by atoms with E-state index in [1.807, 2.05) is 22.7 Å². The van der Waals surface area contributed by atoms with E-state index in [9.17, 15) is 0 Å². The predicted octanol–water partition coefficient (Wildman–Crippen LogP) is 10.4. The van der Waals surface area contributed by atoms with Crippen LogP contribution in [0.15, 0.2) is 97.1 Å². The first kappa shape index (κ1) is 20.0. The van der Waals surface area contributed by atoms with Crippen LogP contribution in [0.3, 0.4) is 0 Å². The van der Waals surface area contributed by atoms with Gasteiger partial charge in [0, 0.05) is 41.1 Å². The SMILES string of the molecule is Cc1cc2c(-c3cccc4ccccc34)c3sc(C)cc3c(-c3cccc4ccccc34)c2s1. The first-order chi connectivity index (χ1) is 16.7. The van der Waals surface area contributed by atoms with E-state index < -0.39 is 0 Å². The average Bonchev–Trinajstić information content (AvgIpc) is 3.43. The molecule has 0 aliphatic heterocycles. The maximum atomic E-state index is 2.40. The van der Waals surface area contributed by atoms with Crippen molar-refractivity contribution in [1.29, 1.82) is 0 Å². The molecular formula is C32H22S2. The summed E-state index contributed by atoms with van der Waals surface area (Å²) in [6.45, 7) is 4.48. The number of hydrogen-bond acceptors (Lipinski definition) is 2. The zero-order valence-corrected chi connectivity index (χ0v) is 20.7. The summed E-state index contributed by atoms with van der Waals surface area (Å²) in [6, 6.07) is 35.8. The minimum Gasteiger partial charge on any atom is -0.140 e. The second-order valence-corrected chi connectivity index (χ2v) is 11.5. The van der Waals surface area contributed by atoms with Gasteiger partial charge in [0.05, 0.1) is 0 Å². The molecule has 0 aliphatic rings. The number of rotatable bonds is 2. The lowest BCUT2D eigenvalue weighted by atomic mass is 9.89. The van der Waals surface area contributed by atoms with Crippen molar-refractivity contribution in [3.8, 4) is 22.3 Å². The summed E-state index contributed by atoms with van der Waals surface area (Å²) >= 11 is 3.85. The molecule has 2 aromatic heterocycles. The van der Waals surface area contributed by atoms with Gasteiger partial charge in [0.25, 0.3) is 0 Å². The van der Waals surface area contributed by atoms with Crippen LogP contribution in [0.25, 0.3) is 64.0 Å². The topological polar surface area (TPSA) is 0 Å².